The van der Waals surface area contributed by atoms with Gasteiger partial charge in [0, 0.05) is 6.54 Å². The zero-order valence-corrected chi connectivity index (χ0v) is 21.8. The van der Waals surface area contributed by atoms with Crippen molar-refractivity contribution in [1.29, 1.82) is 0 Å². The summed E-state index contributed by atoms with van der Waals surface area (Å²) in [7, 11) is 0. The maximum absolute atomic E-state index is 13.5. The maximum Gasteiger partial charge on any atom is 0.343 e. The summed E-state index contributed by atoms with van der Waals surface area (Å²) in [6, 6.07) is 29.1. The van der Waals surface area contributed by atoms with Crippen molar-refractivity contribution in [1.82, 2.24) is 15.1 Å². The third kappa shape index (κ3) is 5.25. The number of rotatable bonds is 7. The van der Waals surface area contributed by atoms with Gasteiger partial charge < -0.3 is 10.1 Å². The summed E-state index contributed by atoms with van der Waals surface area (Å²) in [6.45, 7) is 4.33. The minimum Gasteiger partial charge on any atom is -0.449 e. The van der Waals surface area contributed by atoms with E-state index in [-0.39, 0.29) is 23.0 Å². The number of esters is 1. The molecule has 0 aliphatic rings. The topological polar surface area (TPSA) is 93.2 Å². The van der Waals surface area contributed by atoms with Crippen molar-refractivity contribution >= 4 is 22.9 Å². The van der Waals surface area contributed by atoms with E-state index in [1.165, 1.54) is 0 Å². The highest BCUT2D eigenvalue weighted by atomic mass is 16.5. The van der Waals surface area contributed by atoms with E-state index in [2.05, 4.69) is 17.3 Å². The Morgan fingerprint density at radius 2 is 1.51 bits per heavy atom. The monoisotopic (exact) mass is 519 g/mol. The van der Waals surface area contributed by atoms with Crippen LogP contribution < -0.4 is 10.9 Å². The molecule has 1 heterocycles. The first-order chi connectivity index (χ1) is 19.0. The predicted octanol–water partition coefficient (Wildman–Crippen LogP) is 5.90. The second-order valence-electron chi connectivity index (χ2n) is 9.31. The molecule has 196 valence electrons. The van der Waals surface area contributed by atoms with Crippen LogP contribution in [0.25, 0.3) is 10.9 Å². The maximum atomic E-state index is 13.5. The Morgan fingerprint density at radius 1 is 0.872 bits per heavy atom. The van der Waals surface area contributed by atoms with Crippen LogP contribution in [0.4, 0.5) is 4.79 Å². The van der Waals surface area contributed by atoms with Crippen molar-refractivity contribution in [2.75, 3.05) is 0 Å². The Balaban J connectivity index is 1.44. The first kappa shape index (κ1) is 25.7. The number of amides is 1. The number of hydrogen-bond donors (Lipinski definition) is 2. The number of ether oxygens (including phenoxy) is 1. The first-order valence-corrected chi connectivity index (χ1v) is 12.9. The minimum absolute atomic E-state index is 0.167. The largest absolute Gasteiger partial charge is 0.449 e. The van der Waals surface area contributed by atoms with E-state index >= 15 is 0 Å². The molecule has 0 saturated carbocycles. The van der Waals surface area contributed by atoms with Gasteiger partial charge in [-0.15, -0.1) is 0 Å². The lowest BCUT2D eigenvalue weighted by atomic mass is 10.0. The Hall–Kier alpha value is -4.91. The van der Waals surface area contributed by atoms with Gasteiger partial charge in [-0.1, -0.05) is 91.9 Å². The molecule has 0 radical (unpaired) electrons. The van der Waals surface area contributed by atoms with Gasteiger partial charge in [-0.3, -0.25) is 9.89 Å². The zero-order valence-electron chi connectivity index (χ0n) is 21.8. The third-order valence-electron chi connectivity index (χ3n) is 6.88. The van der Waals surface area contributed by atoms with Gasteiger partial charge in [-0.05, 0) is 53.3 Å². The molecule has 39 heavy (non-hydrogen) atoms. The fraction of sp³-hybridized carbons (Fsp3) is 0.156. The molecule has 1 aromatic heterocycles. The second-order valence-corrected chi connectivity index (χ2v) is 9.31. The predicted molar refractivity (Wildman–Crippen MR) is 151 cm³/mol. The average Bonchev–Trinajstić information content (AvgIpc) is 3.32. The summed E-state index contributed by atoms with van der Waals surface area (Å²) in [4.78, 5) is 39.7. The molecule has 7 nitrogen and oxygen atoms in total. The lowest BCUT2D eigenvalue weighted by Crippen LogP contribution is -2.35. The highest BCUT2D eigenvalue weighted by Crippen LogP contribution is 2.28. The van der Waals surface area contributed by atoms with Crippen LogP contribution in [0.15, 0.2) is 102 Å². The normalized spacial score (nSPS) is 11.1. The summed E-state index contributed by atoms with van der Waals surface area (Å²) < 4.78 is 6.90. The Kier molecular flexibility index (Phi) is 7.41. The molecule has 1 amide bonds. The van der Waals surface area contributed by atoms with Crippen LogP contribution >= 0.6 is 0 Å². The van der Waals surface area contributed by atoms with Crippen LogP contribution in [0, 0.1) is 6.92 Å². The lowest BCUT2D eigenvalue weighted by Gasteiger charge is -2.19. The number of nitrogens with one attached hydrogen (secondary N) is 2. The van der Waals surface area contributed by atoms with Gasteiger partial charge in [-0.25, -0.2) is 9.59 Å². The molecule has 0 bridgehead atoms. The highest BCUT2D eigenvalue weighted by molar-refractivity contribution is 6.03. The molecule has 5 rings (SSSR count). The Morgan fingerprint density at radius 3 is 2.15 bits per heavy atom. The van der Waals surface area contributed by atoms with Gasteiger partial charge >= 0.3 is 12.0 Å². The van der Waals surface area contributed by atoms with Crippen molar-refractivity contribution in [2.24, 2.45) is 0 Å². The Labute approximate surface area is 226 Å². The van der Waals surface area contributed by atoms with E-state index in [1.807, 2.05) is 85.8 Å². The van der Waals surface area contributed by atoms with E-state index in [4.69, 9.17) is 4.74 Å². The van der Waals surface area contributed by atoms with Crippen molar-refractivity contribution in [3.05, 3.63) is 141 Å². The number of benzene rings is 4. The molecule has 0 aliphatic heterocycles. The molecular weight excluding hydrogens is 490 g/mol. The molecular formula is C32H29N3O4. The number of carbonyl (C=O) groups is 2. The van der Waals surface area contributed by atoms with Crippen molar-refractivity contribution in [2.45, 2.75) is 32.9 Å². The minimum atomic E-state index is -0.644. The molecule has 7 heteroatoms. The Bertz CT molecular complexity index is 1650. The molecule has 0 fully saturated rings. The highest BCUT2D eigenvalue weighted by Gasteiger charge is 2.24. The van der Waals surface area contributed by atoms with Crippen molar-refractivity contribution in [3.63, 3.8) is 0 Å². The lowest BCUT2D eigenvalue weighted by molar-refractivity contribution is 0.0380. The fourth-order valence-electron chi connectivity index (χ4n) is 4.79. The number of para-hydroxylation sites is 1. The third-order valence-corrected chi connectivity index (χ3v) is 6.88. The molecule has 0 spiro atoms. The summed E-state index contributed by atoms with van der Waals surface area (Å²) in [5.74, 6) is -0.611. The smallest absolute Gasteiger partial charge is 0.343 e. The van der Waals surface area contributed by atoms with Crippen LogP contribution in [-0.2, 0) is 17.7 Å². The molecule has 4 aromatic carbocycles. The van der Waals surface area contributed by atoms with Gasteiger partial charge in [-0.2, -0.15) is 4.68 Å². The van der Waals surface area contributed by atoms with Crippen molar-refractivity contribution in [3.8, 4) is 0 Å². The molecule has 0 aliphatic carbocycles. The number of nitrogens with zero attached hydrogens (tertiary/aromatic N) is 1. The van der Waals surface area contributed by atoms with Gasteiger partial charge in [0.15, 0.2) is 6.10 Å². The quantitative estimate of drug-likeness (QED) is 0.262. The van der Waals surface area contributed by atoms with Crippen LogP contribution in [0.5, 0.6) is 0 Å². The van der Waals surface area contributed by atoms with Crippen molar-refractivity contribution < 1.29 is 14.3 Å². The number of carbonyl (C=O) groups excluding carboxylic acids is 2. The molecule has 5 aromatic rings. The standard InChI is InChI=1S/C32H29N3O4/c1-3-22-17-10-12-21(2)27(22)20-33-32(38)35-30(36)25-18-11-19-26(28(25)34-35)31(37)39-29(23-13-6-4-7-14-23)24-15-8-5-9-16-24/h4-19,29,34H,3,20H2,1-2H3,(H,33,38). The molecule has 0 saturated heterocycles. The van der Waals surface area contributed by atoms with Crippen LogP contribution in [0.2, 0.25) is 0 Å². The average molecular weight is 520 g/mol. The van der Waals surface area contributed by atoms with E-state index < -0.39 is 23.7 Å². The van der Waals surface area contributed by atoms with Gasteiger partial charge in [0.25, 0.3) is 5.56 Å². The number of aromatic amines is 1. The first-order valence-electron chi connectivity index (χ1n) is 12.9. The van der Waals surface area contributed by atoms with Crippen LogP contribution in [-0.4, -0.2) is 21.8 Å². The summed E-state index contributed by atoms with van der Waals surface area (Å²) in [6.07, 6.45) is 0.187. The number of aromatic nitrogens is 2. The molecule has 0 atom stereocenters. The van der Waals surface area contributed by atoms with E-state index in [0.29, 0.717) is 0 Å². The van der Waals surface area contributed by atoms with Crippen LogP contribution in [0.1, 0.15) is 51.2 Å². The van der Waals surface area contributed by atoms with E-state index in [1.54, 1.807) is 18.2 Å². The number of hydrogen-bond acceptors (Lipinski definition) is 4. The molecule has 2 N–H and O–H groups in total. The summed E-state index contributed by atoms with van der Waals surface area (Å²) in [5, 5.41) is 5.89. The summed E-state index contributed by atoms with van der Waals surface area (Å²) in [5.41, 5.74) is 4.73. The SMILES string of the molecule is CCc1cccc(C)c1CNC(=O)n1[nH]c2c(C(=O)OC(c3ccccc3)c3ccccc3)cccc2c1=O. The fourth-order valence-corrected chi connectivity index (χ4v) is 4.79. The van der Waals surface area contributed by atoms with Gasteiger partial charge in [0.05, 0.1) is 16.5 Å². The number of aryl methyl sites for hydroxylation is 2. The molecule has 0 unspecified atom stereocenters. The van der Waals surface area contributed by atoms with E-state index in [0.717, 1.165) is 38.9 Å². The van der Waals surface area contributed by atoms with Gasteiger partial charge in [0.2, 0.25) is 0 Å². The van der Waals surface area contributed by atoms with E-state index in [9.17, 15) is 14.4 Å². The number of H-pyrrole nitrogens is 1. The second kappa shape index (κ2) is 11.2. The zero-order chi connectivity index (χ0) is 27.4. The van der Waals surface area contributed by atoms with Gasteiger partial charge in [0.1, 0.15) is 0 Å². The van der Waals surface area contributed by atoms with Crippen LogP contribution in [0.3, 0.4) is 0 Å². The summed E-state index contributed by atoms with van der Waals surface area (Å²) >= 11 is 0. The number of fused-ring (bicyclic) bond motifs is 1.